The van der Waals surface area contributed by atoms with E-state index in [0.29, 0.717) is 11.6 Å². The Bertz CT molecular complexity index is 436. The molecule has 1 fully saturated rings. The lowest BCUT2D eigenvalue weighted by molar-refractivity contribution is 0.0995. The summed E-state index contributed by atoms with van der Waals surface area (Å²) in [6.45, 7) is 2.81. The van der Waals surface area contributed by atoms with Crippen LogP contribution < -0.4 is 10.6 Å². The second kappa shape index (κ2) is 6.52. The van der Waals surface area contributed by atoms with Gasteiger partial charge in [-0.3, -0.25) is 9.78 Å². The van der Waals surface area contributed by atoms with Gasteiger partial charge >= 0.3 is 0 Å². The number of pyridine rings is 1. The summed E-state index contributed by atoms with van der Waals surface area (Å²) in [5.41, 5.74) is 6.63. The SMILES string of the molecule is COCC1CCCN(c2ccnc(C(N)=O)c2)CC1. The van der Waals surface area contributed by atoms with E-state index in [0.717, 1.165) is 38.2 Å². The van der Waals surface area contributed by atoms with Crippen LogP contribution in [-0.4, -0.2) is 37.7 Å². The van der Waals surface area contributed by atoms with Crippen molar-refractivity contribution >= 4 is 11.6 Å². The molecular weight excluding hydrogens is 242 g/mol. The van der Waals surface area contributed by atoms with Crippen LogP contribution in [0.3, 0.4) is 0 Å². The largest absolute Gasteiger partial charge is 0.384 e. The minimum absolute atomic E-state index is 0.329. The number of nitrogens with two attached hydrogens (primary N) is 1. The van der Waals surface area contributed by atoms with Gasteiger partial charge in [0.15, 0.2) is 0 Å². The van der Waals surface area contributed by atoms with Gasteiger partial charge in [0.25, 0.3) is 5.91 Å². The summed E-state index contributed by atoms with van der Waals surface area (Å²) < 4.78 is 5.24. The average molecular weight is 263 g/mol. The fourth-order valence-electron chi connectivity index (χ4n) is 2.58. The number of rotatable bonds is 4. The zero-order valence-electron chi connectivity index (χ0n) is 11.3. The van der Waals surface area contributed by atoms with Crippen molar-refractivity contribution in [3.05, 3.63) is 24.0 Å². The van der Waals surface area contributed by atoms with Crippen LogP contribution >= 0.6 is 0 Å². The average Bonchev–Trinajstić information content (AvgIpc) is 2.65. The highest BCUT2D eigenvalue weighted by molar-refractivity contribution is 5.91. The highest BCUT2D eigenvalue weighted by Crippen LogP contribution is 2.23. The van der Waals surface area contributed by atoms with Crippen LogP contribution in [0, 0.1) is 5.92 Å². The second-order valence-corrected chi connectivity index (χ2v) is 5.00. The first-order valence-electron chi connectivity index (χ1n) is 6.70. The molecule has 1 aliphatic rings. The lowest BCUT2D eigenvalue weighted by Crippen LogP contribution is -2.25. The molecule has 0 aromatic carbocycles. The molecule has 1 atom stereocenters. The number of primary amides is 1. The summed E-state index contributed by atoms with van der Waals surface area (Å²) in [6, 6.07) is 3.71. The summed E-state index contributed by atoms with van der Waals surface area (Å²) in [4.78, 5) is 17.4. The number of amides is 1. The third-order valence-electron chi connectivity index (χ3n) is 3.61. The van der Waals surface area contributed by atoms with Crippen LogP contribution in [0.4, 0.5) is 5.69 Å². The molecule has 2 heterocycles. The maximum atomic E-state index is 11.2. The van der Waals surface area contributed by atoms with E-state index in [2.05, 4.69) is 9.88 Å². The molecule has 1 amide bonds. The summed E-state index contributed by atoms with van der Waals surface area (Å²) in [5, 5.41) is 0. The molecule has 1 saturated heterocycles. The maximum Gasteiger partial charge on any atom is 0.267 e. The van der Waals surface area contributed by atoms with Gasteiger partial charge in [0, 0.05) is 38.7 Å². The fourth-order valence-corrected chi connectivity index (χ4v) is 2.58. The Balaban J connectivity index is 2.05. The van der Waals surface area contributed by atoms with Crippen molar-refractivity contribution in [1.82, 2.24) is 4.98 Å². The van der Waals surface area contributed by atoms with Gasteiger partial charge in [-0.05, 0) is 37.3 Å². The molecule has 1 aliphatic heterocycles. The molecule has 1 aromatic rings. The monoisotopic (exact) mass is 263 g/mol. The number of carbonyl (C=O) groups excluding carboxylic acids is 1. The fraction of sp³-hybridized carbons (Fsp3) is 0.571. The van der Waals surface area contributed by atoms with E-state index in [4.69, 9.17) is 10.5 Å². The Kier molecular flexibility index (Phi) is 4.74. The van der Waals surface area contributed by atoms with E-state index >= 15 is 0 Å². The number of nitrogens with zero attached hydrogens (tertiary/aromatic N) is 2. The molecule has 1 aromatic heterocycles. The summed E-state index contributed by atoms with van der Waals surface area (Å²) >= 11 is 0. The Morgan fingerprint density at radius 1 is 1.53 bits per heavy atom. The van der Waals surface area contributed by atoms with Gasteiger partial charge in [0.2, 0.25) is 0 Å². The molecule has 0 bridgehead atoms. The molecule has 0 aliphatic carbocycles. The summed E-state index contributed by atoms with van der Waals surface area (Å²) in [5.74, 6) is 0.154. The van der Waals surface area contributed by atoms with Crippen LogP contribution in [0.1, 0.15) is 29.8 Å². The molecule has 5 heteroatoms. The van der Waals surface area contributed by atoms with Crippen LogP contribution in [0.25, 0.3) is 0 Å². The first-order chi connectivity index (χ1) is 9.20. The van der Waals surface area contributed by atoms with Gasteiger partial charge in [-0.2, -0.15) is 0 Å². The van der Waals surface area contributed by atoms with Crippen molar-refractivity contribution in [2.75, 3.05) is 31.7 Å². The molecule has 0 spiro atoms. The van der Waals surface area contributed by atoms with E-state index in [9.17, 15) is 4.79 Å². The quantitative estimate of drug-likeness (QED) is 0.892. The van der Waals surface area contributed by atoms with Crippen LogP contribution in [0.2, 0.25) is 0 Å². The Hall–Kier alpha value is -1.62. The minimum atomic E-state index is -0.478. The van der Waals surface area contributed by atoms with Crippen LogP contribution in [0.15, 0.2) is 18.3 Å². The lowest BCUT2D eigenvalue weighted by atomic mass is 10.0. The predicted molar refractivity (Wildman–Crippen MR) is 74.2 cm³/mol. The molecule has 2 N–H and O–H groups in total. The van der Waals surface area contributed by atoms with Gasteiger partial charge in [-0.15, -0.1) is 0 Å². The Labute approximate surface area is 113 Å². The first kappa shape index (κ1) is 13.8. The van der Waals surface area contributed by atoms with Crippen LogP contribution in [0.5, 0.6) is 0 Å². The lowest BCUT2D eigenvalue weighted by Gasteiger charge is -2.23. The van der Waals surface area contributed by atoms with Crippen molar-refractivity contribution in [2.24, 2.45) is 11.7 Å². The highest BCUT2D eigenvalue weighted by Gasteiger charge is 2.17. The first-order valence-corrected chi connectivity index (χ1v) is 6.70. The summed E-state index contributed by atoms with van der Waals surface area (Å²) in [7, 11) is 1.75. The van der Waals surface area contributed by atoms with E-state index < -0.39 is 5.91 Å². The molecular formula is C14H21N3O2. The Morgan fingerprint density at radius 3 is 3.11 bits per heavy atom. The van der Waals surface area contributed by atoms with Gasteiger partial charge in [-0.1, -0.05) is 0 Å². The van der Waals surface area contributed by atoms with E-state index in [1.165, 1.54) is 6.42 Å². The number of methoxy groups -OCH3 is 1. The predicted octanol–water partition coefficient (Wildman–Crippen LogP) is 1.43. The third kappa shape index (κ3) is 3.67. The number of carbonyl (C=O) groups is 1. The van der Waals surface area contributed by atoms with Gasteiger partial charge in [0.05, 0.1) is 0 Å². The van der Waals surface area contributed by atoms with Crippen LogP contribution in [-0.2, 0) is 4.74 Å². The molecule has 104 valence electrons. The number of anilines is 1. The normalized spacial score (nSPS) is 20.1. The van der Waals surface area contributed by atoms with Gasteiger partial charge in [0.1, 0.15) is 5.69 Å². The van der Waals surface area contributed by atoms with Gasteiger partial charge < -0.3 is 15.4 Å². The summed E-state index contributed by atoms with van der Waals surface area (Å²) in [6.07, 6.45) is 5.09. The second-order valence-electron chi connectivity index (χ2n) is 5.00. The van der Waals surface area contributed by atoms with Crippen molar-refractivity contribution in [3.8, 4) is 0 Å². The standard InChI is InChI=1S/C14H21N3O2/c1-19-10-11-3-2-7-17(8-5-11)12-4-6-16-13(9-12)14(15)18/h4,6,9,11H,2-3,5,7-8,10H2,1H3,(H2,15,18). The van der Waals surface area contributed by atoms with Crippen molar-refractivity contribution < 1.29 is 9.53 Å². The molecule has 0 radical (unpaired) electrons. The highest BCUT2D eigenvalue weighted by atomic mass is 16.5. The Morgan fingerprint density at radius 2 is 2.37 bits per heavy atom. The number of aromatic nitrogens is 1. The van der Waals surface area contributed by atoms with Crippen molar-refractivity contribution in [1.29, 1.82) is 0 Å². The van der Waals surface area contributed by atoms with Crippen molar-refractivity contribution in [3.63, 3.8) is 0 Å². The smallest absolute Gasteiger partial charge is 0.267 e. The third-order valence-corrected chi connectivity index (χ3v) is 3.61. The topological polar surface area (TPSA) is 68.4 Å². The minimum Gasteiger partial charge on any atom is -0.384 e. The maximum absolute atomic E-state index is 11.2. The molecule has 5 nitrogen and oxygen atoms in total. The van der Waals surface area contributed by atoms with Gasteiger partial charge in [-0.25, -0.2) is 0 Å². The van der Waals surface area contributed by atoms with E-state index in [1.54, 1.807) is 19.4 Å². The van der Waals surface area contributed by atoms with Crippen molar-refractivity contribution in [2.45, 2.75) is 19.3 Å². The van der Waals surface area contributed by atoms with E-state index in [1.807, 2.05) is 6.07 Å². The molecule has 2 rings (SSSR count). The number of ether oxygens (including phenoxy) is 1. The molecule has 0 saturated carbocycles. The molecule has 1 unspecified atom stereocenters. The molecule has 19 heavy (non-hydrogen) atoms. The zero-order chi connectivity index (χ0) is 13.7. The van der Waals surface area contributed by atoms with E-state index in [-0.39, 0.29) is 0 Å². The zero-order valence-corrected chi connectivity index (χ0v) is 11.3. The number of hydrogen-bond acceptors (Lipinski definition) is 4. The number of hydrogen-bond donors (Lipinski definition) is 1.